The van der Waals surface area contributed by atoms with Gasteiger partial charge in [-0.15, -0.1) is 0 Å². The first-order valence-electron chi connectivity index (χ1n) is 14.9. The maximum absolute atomic E-state index is 11.4. The Hall–Kier alpha value is -4.53. The molecule has 0 saturated carbocycles. The summed E-state index contributed by atoms with van der Waals surface area (Å²) in [7, 11) is 0. The molecular formula is C33H13Cl7N9O3+. The number of halogens is 7. The summed E-state index contributed by atoms with van der Waals surface area (Å²) in [6.45, 7) is -0.762. The molecule has 0 radical (unpaired) electrons. The Morgan fingerprint density at radius 3 is 1.83 bits per heavy atom. The molecule has 0 atom stereocenters. The predicted molar refractivity (Wildman–Crippen MR) is 200 cm³/mol. The van der Waals surface area contributed by atoms with Crippen molar-refractivity contribution in [3.63, 3.8) is 0 Å². The third kappa shape index (κ3) is 4.97. The molecule has 7 aromatic rings. The fourth-order valence-corrected chi connectivity index (χ4v) is 7.99. The van der Waals surface area contributed by atoms with Gasteiger partial charge in [0.05, 0.1) is 50.9 Å². The molecule has 8 bridgehead atoms. The number of aromatic amines is 2. The van der Waals surface area contributed by atoms with E-state index in [-0.39, 0.29) is 85.9 Å². The molecule has 0 fully saturated rings. The molecule has 4 aromatic carbocycles. The third-order valence-corrected chi connectivity index (χ3v) is 11.3. The van der Waals surface area contributed by atoms with Crippen LogP contribution in [0.2, 0.25) is 35.2 Å². The number of hydrogen-bond acceptors (Lipinski definition) is 8. The van der Waals surface area contributed by atoms with Gasteiger partial charge in [-0.3, -0.25) is 0 Å². The van der Waals surface area contributed by atoms with Gasteiger partial charge < -0.3 is 19.8 Å². The molecule has 9 rings (SSSR count). The molecule has 0 amide bonds. The van der Waals surface area contributed by atoms with Crippen molar-refractivity contribution in [1.29, 1.82) is 0 Å². The number of nitrogens with one attached hydrogen (secondary N) is 2. The fourth-order valence-electron chi connectivity index (χ4n) is 6.09. The number of carboxylic acids is 1. The van der Waals surface area contributed by atoms with Crippen LogP contribution in [-0.4, -0.2) is 57.8 Å². The molecule has 3 N–H and O–H groups in total. The number of hydrogen-bond donors (Lipinski definition) is 3. The lowest BCUT2D eigenvalue weighted by Gasteiger charge is -2.10. The first kappa shape index (κ1) is 33.3. The Labute approximate surface area is 324 Å². The molecule has 2 aliphatic rings. The Morgan fingerprint density at radius 2 is 1.17 bits per heavy atom. The normalized spacial score (nSPS) is 12.0. The molecule has 0 spiro atoms. The highest BCUT2D eigenvalue weighted by Crippen LogP contribution is 2.49. The number of benzene rings is 4. The molecule has 5 heterocycles. The number of carboxylic acid groups (broad SMARTS) is 1. The van der Waals surface area contributed by atoms with E-state index in [0.29, 0.717) is 28.2 Å². The van der Waals surface area contributed by atoms with Crippen LogP contribution in [0.25, 0.3) is 84.0 Å². The summed E-state index contributed by atoms with van der Waals surface area (Å²) in [6.07, 6.45) is 0. The first-order valence-corrected chi connectivity index (χ1v) is 17.5. The number of carbonyl (C=O) groups is 1. The predicted octanol–water partition coefficient (Wildman–Crippen LogP) is 9.52. The standard InChI is InChI=1S/C33H12Cl7N9O3/c34-18-15-16(20(36)26(24(18)40)52-9-14(50)51)32-46-31(15)44-29-12-7-3-1-5-10(12)27(42-29)41-28-11-6-2-4-8-13(11)30(43-28)45-33-17-19(35)21(37)22(38)23(39)25(17)49(47-32)48-33/h1-8H,9H2,(H2,41,42,43,44,45,46,47,48,50,51)/p+1. The van der Waals surface area contributed by atoms with Gasteiger partial charge in [0.2, 0.25) is 11.5 Å². The van der Waals surface area contributed by atoms with Crippen molar-refractivity contribution in [1.82, 2.24) is 40.1 Å². The van der Waals surface area contributed by atoms with Gasteiger partial charge in [-0.2, -0.15) is 0 Å². The number of nitrogens with zero attached hydrogens (tertiary/aromatic N) is 7. The fraction of sp³-hybridized carbons (Fsp3) is 0.0303. The second kappa shape index (κ2) is 12.3. The Morgan fingerprint density at radius 1 is 0.615 bits per heavy atom. The maximum Gasteiger partial charge on any atom is 0.341 e. The molecule has 256 valence electrons. The first-order chi connectivity index (χ1) is 25.0. The van der Waals surface area contributed by atoms with Crippen LogP contribution in [0.3, 0.4) is 0 Å². The number of rotatable bonds is 3. The van der Waals surface area contributed by atoms with Gasteiger partial charge in [0.1, 0.15) is 32.6 Å². The second-order valence-electron chi connectivity index (χ2n) is 11.3. The molecule has 52 heavy (non-hydrogen) atoms. The van der Waals surface area contributed by atoms with E-state index in [2.05, 4.69) is 15.1 Å². The molecule has 3 aromatic heterocycles. The SMILES string of the molecule is O=C(O)COc1c(Cl)c(Cl)c2c3nc4nc(nc5[nH]c(nc6n[n+](nc([nH]3)c2c1Cl)-c1c(Cl)c(Cl)c(Cl)c(Cl)c1-6)c1ccccc51)-c1ccccc1-4. The molecule has 0 unspecified atom stereocenters. The summed E-state index contributed by atoms with van der Waals surface area (Å²) in [6, 6.07) is 15.0. The van der Waals surface area contributed by atoms with Gasteiger partial charge >= 0.3 is 11.7 Å². The summed E-state index contributed by atoms with van der Waals surface area (Å²) >= 11 is 47.2. The van der Waals surface area contributed by atoms with Gasteiger partial charge in [-0.25, -0.2) is 24.7 Å². The molecular weight excluding hydrogens is 819 g/mol. The van der Waals surface area contributed by atoms with E-state index in [1.165, 1.54) is 0 Å². The Bertz CT molecular complexity index is 2950. The van der Waals surface area contributed by atoms with Crippen molar-refractivity contribution < 1.29 is 19.4 Å². The van der Waals surface area contributed by atoms with E-state index in [1.54, 1.807) is 0 Å². The van der Waals surface area contributed by atoms with Crippen LogP contribution in [0.15, 0.2) is 48.5 Å². The van der Waals surface area contributed by atoms with E-state index in [4.69, 9.17) is 111 Å². The quantitative estimate of drug-likeness (QED) is 0.0896. The number of aromatic nitrogens is 9. The maximum atomic E-state index is 11.4. The summed E-state index contributed by atoms with van der Waals surface area (Å²) in [4.78, 5) is 38.6. The van der Waals surface area contributed by atoms with Gasteiger partial charge in [-0.1, -0.05) is 130 Å². The second-order valence-corrected chi connectivity index (χ2v) is 14.0. The van der Waals surface area contributed by atoms with Crippen LogP contribution in [0, 0.1) is 0 Å². The highest BCUT2D eigenvalue weighted by molar-refractivity contribution is 6.54. The highest BCUT2D eigenvalue weighted by Gasteiger charge is 2.38. The van der Waals surface area contributed by atoms with E-state index in [1.807, 2.05) is 48.5 Å². The average molecular weight is 832 g/mol. The Balaban J connectivity index is 1.52. The largest absolute Gasteiger partial charge is 0.479 e. The number of H-pyrrole nitrogens is 2. The third-order valence-electron chi connectivity index (χ3n) is 8.33. The van der Waals surface area contributed by atoms with Gasteiger partial charge in [0.15, 0.2) is 24.0 Å². The minimum atomic E-state index is -1.27. The zero-order chi connectivity index (χ0) is 36.2. The van der Waals surface area contributed by atoms with Crippen LogP contribution >= 0.6 is 81.2 Å². The van der Waals surface area contributed by atoms with Crippen molar-refractivity contribution in [2.75, 3.05) is 6.61 Å². The molecule has 2 aliphatic heterocycles. The molecule has 0 saturated heterocycles. The van der Waals surface area contributed by atoms with Crippen molar-refractivity contribution in [2.45, 2.75) is 0 Å². The minimum Gasteiger partial charge on any atom is -0.479 e. The van der Waals surface area contributed by atoms with Gasteiger partial charge in [0, 0.05) is 21.9 Å². The van der Waals surface area contributed by atoms with Crippen LogP contribution in [0.1, 0.15) is 0 Å². The molecule has 12 nitrogen and oxygen atoms in total. The average Bonchev–Trinajstić information content (AvgIpc) is 3.87. The minimum absolute atomic E-state index is 0.0180. The lowest BCUT2D eigenvalue weighted by molar-refractivity contribution is -0.711. The zero-order valence-corrected chi connectivity index (χ0v) is 30.7. The van der Waals surface area contributed by atoms with Gasteiger partial charge in [0.25, 0.3) is 0 Å². The zero-order valence-electron chi connectivity index (χ0n) is 25.4. The van der Waals surface area contributed by atoms with Gasteiger partial charge in [-0.05, 0) is 0 Å². The Kier molecular flexibility index (Phi) is 7.86. The van der Waals surface area contributed by atoms with Crippen molar-refractivity contribution in [3.05, 3.63) is 83.7 Å². The van der Waals surface area contributed by atoms with Crippen LogP contribution in [-0.2, 0) is 4.79 Å². The van der Waals surface area contributed by atoms with Crippen LogP contribution in [0.4, 0.5) is 0 Å². The van der Waals surface area contributed by atoms with E-state index in [9.17, 15) is 9.90 Å². The number of ether oxygens (including phenoxy) is 1. The van der Waals surface area contributed by atoms with E-state index < -0.39 is 12.6 Å². The number of aliphatic carboxylic acids is 1. The van der Waals surface area contributed by atoms with Crippen molar-refractivity contribution in [2.24, 2.45) is 0 Å². The molecule has 0 aliphatic carbocycles. The topological polar surface area (TPSA) is 159 Å². The summed E-state index contributed by atoms with van der Waals surface area (Å²) in [5.74, 6) is -0.727. The van der Waals surface area contributed by atoms with E-state index >= 15 is 0 Å². The summed E-state index contributed by atoms with van der Waals surface area (Å²) < 4.78 is 5.48. The lowest BCUT2D eigenvalue weighted by Crippen LogP contribution is -2.36. The number of fused-ring (bicyclic) bond motifs is 20. The van der Waals surface area contributed by atoms with E-state index in [0.717, 1.165) is 15.6 Å². The highest BCUT2D eigenvalue weighted by atomic mass is 35.5. The molecule has 19 heteroatoms. The lowest BCUT2D eigenvalue weighted by atomic mass is 10.1. The van der Waals surface area contributed by atoms with Crippen molar-refractivity contribution >= 4 is 131 Å². The smallest absolute Gasteiger partial charge is 0.341 e. The summed E-state index contributed by atoms with van der Waals surface area (Å²) in [5.41, 5.74) is 2.82. The van der Waals surface area contributed by atoms with Crippen LogP contribution in [0.5, 0.6) is 5.75 Å². The summed E-state index contributed by atoms with van der Waals surface area (Å²) in [5, 5.41) is 20.2. The van der Waals surface area contributed by atoms with Crippen LogP contribution < -0.4 is 9.53 Å². The van der Waals surface area contributed by atoms with Crippen molar-refractivity contribution in [3.8, 4) is 45.6 Å². The monoisotopic (exact) mass is 828 g/mol.